The van der Waals surface area contributed by atoms with E-state index in [-0.39, 0.29) is 11.3 Å². The van der Waals surface area contributed by atoms with Crippen LogP contribution in [0.1, 0.15) is 75.2 Å². The molecule has 2 N–H and O–H groups in total. The van der Waals surface area contributed by atoms with Crippen molar-refractivity contribution in [3.05, 3.63) is 11.3 Å². The summed E-state index contributed by atoms with van der Waals surface area (Å²) >= 11 is 0. The summed E-state index contributed by atoms with van der Waals surface area (Å²) in [6, 6.07) is 0. The Labute approximate surface area is 192 Å². The maximum Gasteiger partial charge on any atom is 0.249 e. The van der Waals surface area contributed by atoms with Crippen LogP contribution in [0.5, 0.6) is 0 Å². The van der Waals surface area contributed by atoms with E-state index < -0.39 is 0 Å². The highest BCUT2D eigenvalue weighted by Crippen LogP contribution is 2.22. The number of aliphatic imine (C=N–C) groups is 2. The third kappa shape index (κ3) is 10.9. The van der Waals surface area contributed by atoms with E-state index >= 15 is 0 Å². The Bertz CT molecular complexity index is 606. The van der Waals surface area contributed by atoms with Gasteiger partial charge in [0.05, 0.1) is 17.7 Å². The standard InChI is InChI=1S/C23H43N5O.C2H6/c1-9-28-12-10-19(11-13-28)15-25-16-27-20(21(24-8)23(5,6)7)18(4)22(29)26-14-17(2)3;1-2/h16-17,19H,9-15H2,1-8H3,(H,25,27)(H,26,29);1-2H3/b20-18-,24-21?;. The Morgan fingerprint density at radius 3 is 2.23 bits per heavy atom. The quantitative estimate of drug-likeness (QED) is 0.318. The molecule has 0 spiro atoms. The summed E-state index contributed by atoms with van der Waals surface area (Å²) in [5.41, 5.74) is 2.09. The van der Waals surface area contributed by atoms with Gasteiger partial charge in [0.25, 0.3) is 0 Å². The predicted molar refractivity (Wildman–Crippen MR) is 136 cm³/mol. The van der Waals surface area contributed by atoms with Crippen LogP contribution in [0.4, 0.5) is 0 Å². The summed E-state index contributed by atoms with van der Waals surface area (Å²) in [5, 5.41) is 6.29. The highest BCUT2D eigenvalue weighted by Gasteiger charge is 2.25. The maximum absolute atomic E-state index is 12.7. The van der Waals surface area contributed by atoms with Gasteiger partial charge < -0.3 is 15.5 Å². The molecule has 1 aliphatic heterocycles. The van der Waals surface area contributed by atoms with Crippen molar-refractivity contribution in [1.29, 1.82) is 0 Å². The Morgan fingerprint density at radius 1 is 1.19 bits per heavy atom. The molecular weight excluding hydrogens is 386 g/mol. The molecule has 1 aliphatic rings. The minimum Gasteiger partial charge on any atom is -0.352 e. The van der Waals surface area contributed by atoms with Crippen LogP contribution in [0, 0.1) is 17.3 Å². The Balaban J connectivity index is 0.00000436. The van der Waals surface area contributed by atoms with Crippen LogP contribution >= 0.6 is 0 Å². The molecule has 180 valence electrons. The molecular formula is C25H49N5O. The number of hydrogen-bond acceptors (Lipinski definition) is 4. The molecule has 0 unspecified atom stereocenters. The summed E-state index contributed by atoms with van der Waals surface area (Å²) in [5.74, 6) is 0.985. The zero-order chi connectivity index (χ0) is 24.0. The maximum atomic E-state index is 12.7. The Kier molecular flexibility index (Phi) is 14.3. The summed E-state index contributed by atoms with van der Waals surface area (Å²) in [7, 11) is 1.78. The lowest BCUT2D eigenvalue weighted by molar-refractivity contribution is -0.117. The zero-order valence-corrected chi connectivity index (χ0v) is 21.9. The second-order valence-corrected chi connectivity index (χ2v) is 9.44. The molecule has 1 heterocycles. The normalized spacial score (nSPS) is 17.3. The molecule has 0 aromatic carbocycles. The molecule has 0 aromatic rings. The predicted octanol–water partition coefficient (Wildman–Crippen LogP) is 4.53. The molecule has 31 heavy (non-hydrogen) atoms. The van der Waals surface area contributed by atoms with Gasteiger partial charge in [0.2, 0.25) is 5.91 Å². The summed E-state index contributed by atoms with van der Waals surface area (Å²) in [4.78, 5) is 24.3. The lowest BCUT2D eigenvalue weighted by atomic mass is 9.86. The first-order valence-electron chi connectivity index (χ1n) is 12.0. The van der Waals surface area contributed by atoms with Gasteiger partial charge in [-0.25, -0.2) is 0 Å². The van der Waals surface area contributed by atoms with Gasteiger partial charge in [-0.15, -0.1) is 0 Å². The smallest absolute Gasteiger partial charge is 0.249 e. The van der Waals surface area contributed by atoms with Gasteiger partial charge >= 0.3 is 0 Å². The summed E-state index contributed by atoms with van der Waals surface area (Å²) < 4.78 is 0. The van der Waals surface area contributed by atoms with E-state index in [1.165, 1.54) is 25.9 Å². The minimum atomic E-state index is -0.183. The van der Waals surface area contributed by atoms with Crippen LogP contribution in [0.15, 0.2) is 21.3 Å². The van der Waals surface area contributed by atoms with Gasteiger partial charge in [-0.05, 0) is 51.2 Å². The lowest BCUT2D eigenvalue weighted by Crippen LogP contribution is -2.36. The molecule has 0 saturated carbocycles. The second-order valence-electron chi connectivity index (χ2n) is 9.44. The molecule has 6 nitrogen and oxygen atoms in total. The van der Waals surface area contributed by atoms with Crippen molar-refractivity contribution in [2.24, 2.45) is 27.2 Å². The van der Waals surface area contributed by atoms with Crippen molar-refractivity contribution in [1.82, 2.24) is 15.5 Å². The van der Waals surface area contributed by atoms with E-state index in [1.54, 1.807) is 13.4 Å². The molecule has 1 rings (SSSR count). The molecule has 1 fully saturated rings. The molecule has 0 radical (unpaired) electrons. The number of nitrogens with one attached hydrogen (secondary N) is 2. The minimum absolute atomic E-state index is 0.0630. The van der Waals surface area contributed by atoms with Crippen LogP contribution in [0.3, 0.4) is 0 Å². The van der Waals surface area contributed by atoms with Crippen molar-refractivity contribution in [2.45, 2.75) is 75.2 Å². The van der Waals surface area contributed by atoms with Gasteiger partial charge in [0.1, 0.15) is 0 Å². The fourth-order valence-corrected chi connectivity index (χ4v) is 3.52. The van der Waals surface area contributed by atoms with Gasteiger partial charge in [-0.2, -0.15) is 0 Å². The first-order chi connectivity index (χ1) is 14.6. The van der Waals surface area contributed by atoms with Crippen LogP contribution in [-0.4, -0.2) is 62.6 Å². The summed E-state index contributed by atoms with van der Waals surface area (Å²) in [6.45, 7) is 23.5. The number of piperidine rings is 1. The van der Waals surface area contributed by atoms with Crippen molar-refractivity contribution in [2.75, 3.05) is 39.8 Å². The fraction of sp³-hybridized carbons (Fsp3) is 0.800. The molecule has 0 atom stereocenters. The average molecular weight is 436 g/mol. The number of likely N-dealkylation sites (tertiary alicyclic amines) is 1. The first kappa shape index (κ1) is 29.3. The van der Waals surface area contributed by atoms with Crippen molar-refractivity contribution >= 4 is 18.0 Å². The number of hydrogen-bond donors (Lipinski definition) is 2. The van der Waals surface area contributed by atoms with Gasteiger partial charge in [-0.1, -0.05) is 55.4 Å². The molecule has 0 bridgehead atoms. The lowest BCUT2D eigenvalue weighted by Gasteiger charge is -2.30. The van der Waals surface area contributed by atoms with Crippen LogP contribution in [-0.2, 0) is 4.79 Å². The molecule has 0 aromatic heterocycles. The highest BCUT2D eigenvalue weighted by atomic mass is 16.1. The number of rotatable bonds is 9. The monoisotopic (exact) mass is 435 g/mol. The topological polar surface area (TPSA) is 69.1 Å². The van der Waals surface area contributed by atoms with E-state index in [4.69, 9.17) is 0 Å². The van der Waals surface area contributed by atoms with E-state index in [9.17, 15) is 4.79 Å². The van der Waals surface area contributed by atoms with E-state index in [0.717, 1.165) is 24.5 Å². The zero-order valence-electron chi connectivity index (χ0n) is 21.9. The SMILES string of the molecule is CC.CCN1CCC(CN=CN/C(C(=NC)C(C)(C)C)=C(/C)C(=O)NCC(C)C)CC1. The fourth-order valence-electron chi connectivity index (χ4n) is 3.52. The summed E-state index contributed by atoms with van der Waals surface area (Å²) in [6.07, 6.45) is 4.15. The molecule has 1 amide bonds. The van der Waals surface area contributed by atoms with Gasteiger partial charge in [0.15, 0.2) is 0 Å². The van der Waals surface area contributed by atoms with Crippen molar-refractivity contribution in [3.63, 3.8) is 0 Å². The van der Waals surface area contributed by atoms with Crippen LogP contribution < -0.4 is 10.6 Å². The van der Waals surface area contributed by atoms with E-state index in [2.05, 4.69) is 67.1 Å². The number of amides is 1. The van der Waals surface area contributed by atoms with Gasteiger partial charge in [-0.3, -0.25) is 14.8 Å². The third-order valence-electron chi connectivity index (χ3n) is 5.38. The third-order valence-corrected chi connectivity index (χ3v) is 5.38. The Hall–Kier alpha value is -1.69. The highest BCUT2D eigenvalue weighted by molar-refractivity contribution is 6.10. The Morgan fingerprint density at radius 2 is 1.77 bits per heavy atom. The van der Waals surface area contributed by atoms with Crippen LogP contribution in [0.25, 0.3) is 0 Å². The van der Waals surface area contributed by atoms with Gasteiger partial charge in [0, 0.05) is 31.1 Å². The average Bonchev–Trinajstić information content (AvgIpc) is 2.74. The van der Waals surface area contributed by atoms with Crippen molar-refractivity contribution in [3.8, 4) is 0 Å². The van der Waals surface area contributed by atoms with E-state index in [0.29, 0.717) is 24.0 Å². The number of carbonyl (C=O) groups is 1. The number of carbonyl (C=O) groups excluding carboxylic acids is 1. The molecule has 1 saturated heterocycles. The van der Waals surface area contributed by atoms with E-state index in [1.807, 2.05) is 20.8 Å². The molecule has 0 aliphatic carbocycles. The number of allylic oxidation sites excluding steroid dienone is 1. The number of nitrogens with zero attached hydrogens (tertiary/aromatic N) is 3. The van der Waals surface area contributed by atoms with Crippen molar-refractivity contribution < 1.29 is 4.79 Å². The molecule has 6 heteroatoms. The first-order valence-corrected chi connectivity index (χ1v) is 12.0. The van der Waals surface area contributed by atoms with Crippen LogP contribution in [0.2, 0.25) is 0 Å². The second kappa shape index (κ2) is 15.2. The largest absolute Gasteiger partial charge is 0.352 e.